The summed E-state index contributed by atoms with van der Waals surface area (Å²) in [5, 5.41) is 0. The summed E-state index contributed by atoms with van der Waals surface area (Å²) in [4.78, 5) is 12.8. The van der Waals surface area contributed by atoms with Crippen molar-refractivity contribution in [1.82, 2.24) is 0 Å². The average molecular weight is 353 g/mol. The summed E-state index contributed by atoms with van der Waals surface area (Å²) in [5.74, 6) is -2.40. The highest BCUT2D eigenvalue weighted by Gasteiger charge is 2.22. The maximum atomic E-state index is 13.2. The van der Waals surface area contributed by atoms with Crippen molar-refractivity contribution in [3.8, 4) is 5.75 Å². The fraction of sp³-hybridized carbons (Fsp3) is 0.188. The van der Waals surface area contributed by atoms with E-state index in [2.05, 4.69) is 0 Å². The largest absolute Gasteiger partial charge is 0.379 e. The van der Waals surface area contributed by atoms with E-state index in [1.165, 1.54) is 12.1 Å². The van der Waals surface area contributed by atoms with Crippen LogP contribution in [-0.2, 0) is 14.9 Å². The predicted octanol–water partition coefficient (Wildman–Crippen LogP) is 2.86. The third-order valence-corrected chi connectivity index (χ3v) is 4.85. The molecule has 24 heavy (non-hydrogen) atoms. The van der Waals surface area contributed by atoms with Crippen LogP contribution in [0.2, 0.25) is 0 Å². The van der Waals surface area contributed by atoms with Gasteiger partial charge < -0.3 is 9.08 Å². The zero-order valence-electron chi connectivity index (χ0n) is 12.4. The summed E-state index contributed by atoms with van der Waals surface area (Å²) in [5.41, 5.74) is 0.648. The SMILES string of the molecule is O=C1CCCN1c1ccc(OS(=O)(=O)c2ccc(F)c(F)c2)cc1. The molecule has 8 heteroatoms. The standard InChI is InChI=1S/C16H13F2NO4S/c17-14-8-7-13(10-15(14)18)24(21,22)23-12-5-3-11(4-6-12)19-9-1-2-16(19)20/h3-8,10H,1-2,9H2. The highest BCUT2D eigenvalue weighted by Crippen LogP contribution is 2.26. The Morgan fingerprint density at radius 3 is 2.29 bits per heavy atom. The molecule has 5 nitrogen and oxygen atoms in total. The summed E-state index contributed by atoms with van der Waals surface area (Å²) in [7, 11) is -4.28. The molecule has 1 heterocycles. The number of carbonyl (C=O) groups excluding carboxylic acids is 1. The molecule has 1 aliphatic heterocycles. The molecule has 1 fully saturated rings. The smallest absolute Gasteiger partial charge is 0.339 e. The second-order valence-corrected chi connectivity index (χ2v) is 6.80. The number of nitrogens with zero attached hydrogens (tertiary/aromatic N) is 1. The highest BCUT2D eigenvalue weighted by molar-refractivity contribution is 7.87. The van der Waals surface area contributed by atoms with Gasteiger partial charge in [-0.25, -0.2) is 8.78 Å². The maximum Gasteiger partial charge on any atom is 0.339 e. The van der Waals surface area contributed by atoms with E-state index in [9.17, 15) is 22.0 Å². The number of hydrogen-bond acceptors (Lipinski definition) is 4. The molecule has 0 atom stereocenters. The Balaban J connectivity index is 1.80. The number of benzene rings is 2. The van der Waals surface area contributed by atoms with Crippen molar-refractivity contribution in [1.29, 1.82) is 0 Å². The van der Waals surface area contributed by atoms with Crippen LogP contribution >= 0.6 is 0 Å². The molecule has 0 aliphatic carbocycles. The van der Waals surface area contributed by atoms with Crippen molar-refractivity contribution in [2.45, 2.75) is 17.7 Å². The van der Waals surface area contributed by atoms with Gasteiger partial charge in [-0.1, -0.05) is 0 Å². The minimum Gasteiger partial charge on any atom is -0.379 e. The molecule has 2 aromatic rings. The highest BCUT2D eigenvalue weighted by atomic mass is 32.2. The van der Waals surface area contributed by atoms with Crippen LogP contribution < -0.4 is 9.08 Å². The van der Waals surface area contributed by atoms with Crippen LogP contribution in [0, 0.1) is 11.6 Å². The third kappa shape index (κ3) is 3.23. The predicted molar refractivity (Wildman–Crippen MR) is 82.2 cm³/mol. The fourth-order valence-electron chi connectivity index (χ4n) is 2.41. The monoisotopic (exact) mass is 353 g/mol. The number of carbonyl (C=O) groups is 1. The van der Waals surface area contributed by atoms with Gasteiger partial charge in [-0.2, -0.15) is 8.42 Å². The third-order valence-electron chi connectivity index (χ3n) is 3.61. The molecule has 1 amide bonds. The first-order valence-electron chi connectivity index (χ1n) is 7.17. The summed E-state index contributed by atoms with van der Waals surface area (Å²) in [6, 6.07) is 8.13. The number of hydrogen-bond donors (Lipinski definition) is 0. The molecule has 1 saturated heterocycles. The van der Waals surface area contributed by atoms with E-state index in [1.54, 1.807) is 17.0 Å². The van der Waals surface area contributed by atoms with Crippen LogP contribution in [0.5, 0.6) is 5.75 Å². The van der Waals surface area contributed by atoms with Crippen LogP contribution in [0.4, 0.5) is 14.5 Å². The Hall–Kier alpha value is -2.48. The van der Waals surface area contributed by atoms with Crippen molar-refractivity contribution < 1.29 is 26.2 Å². The average Bonchev–Trinajstić information content (AvgIpc) is 2.96. The second-order valence-electron chi connectivity index (χ2n) is 5.26. The summed E-state index contributed by atoms with van der Waals surface area (Å²) < 4.78 is 55.1. The number of rotatable bonds is 4. The summed E-state index contributed by atoms with van der Waals surface area (Å²) in [6.45, 7) is 0.617. The lowest BCUT2D eigenvalue weighted by Crippen LogP contribution is -2.23. The van der Waals surface area contributed by atoms with Crippen molar-refractivity contribution in [2.24, 2.45) is 0 Å². The fourth-order valence-corrected chi connectivity index (χ4v) is 3.35. The lowest BCUT2D eigenvalue weighted by Gasteiger charge is -2.16. The van der Waals surface area contributed by atoms with Crippen LogP contribution in [0.3, 0.4) is 0 Å². The first-order valence-corrected chi connectivity index (χ1v) is 8.57. The molecule has 0 unspecified atom stereocenters. The Bertz CT molecular complexity index is 881. The summed E-state index contributed by atoms with van der Waals surface area (Å²) >= 11 is 0. The van der Waals surface area contributed by atoms with Gasteiger partial charge in [0.15, 0.2) is 11.6 Å². The van der Waals surface area contributed by atoms with Gasteiger partial charge in [0.2, 0.25) is 5.91 Å². The van der Waals surface area contributed by atoms with E-state index in [0.29, 0.717) is 30.8 Å². The van der Waals surface area contributed by atoms with E-state index in [4.69, 9.17) is 4.18 Å². The van der Waals surface area contributed by atoms with Crippen LogP contribution in [0.1, 0.15) is 12.8 Å². The zero-order chi connectivity index (χ0) is 17.3. The van der Waals surface area contributed by atoms with Gasteiger partial charge in [0.25, 0.3) is 0 Å². The lowest BCUT2D eigenvalue weighted by atomic mass is 10.3. The van der Waals surface area contributed by atoms with E-state index in [1.807, 2.05) is 0 Å². The van der Waals surface area contributed by atoms with Crippen molar-refractivity contribution in [2.75, 3.05) is 11.4 Å². The van der Waals surface area contributed by atoms with E-state index in [0.717, 1.165) is 12.5 Å². The molecule has 0 N–H and O–H groups in total. The van der Waals surface area contributed by atoms with E-state index < -0.39 is 26.6 Å². The van der Waals surface area contributed by atoms with Crippen molar-refractivity contribution in [3.05, 3.63) is 54.1 Å². The number of anilines is 1. The van der Waals surface area contributed by atoms with Crippen LogP contribution in [0.15, 0.2) is 47.4 Å². The topological polar surface area (TPSA) is 63.7 Å². The Kier molecular flexibility index (Phi) is 4.23. The van der Waals surface area contributed by atoms with Gasteiger partial charge in [-0.05, 0) is 48.9 Å². The molecule has 0 radical (unpaired) electrons. The quantitative estimate of drug-likeness (QED) is 0.793. The van der Waals surface area contributed by atoms with Gasteiger partial charge in [-0.3, -0.25) is 4.79 Å². The van der Waals surface area contributed by atoms with Gasteiger partial charge >= 0.3 is 10.1 Å². The maximum absolute atomic E-state index is 13.2. The lowest BCUT2D eigenvalue weighted by molar-refractivity contribution is -0.117. The minimum atomic E-state index is -4.28. The van der Waals surface area contributed by atoms with E-state index in [-0.39, 0.29) is 11.7 Å². The molecule has 126 valence electrons. The van der Waals surface area contributed by atoms with Crippen molar-refractivity contribution >= 4 is 21.7 Å². The van der Waals surface area contributed by atoms with Gasteiger partial charge in [0, 0.05) is 18.7 Å². The van der Waals surface area contributed by atoms with Crippen LogP contribution in [-0.4, -0.2) is 20.9 Å². The molecule has 0 bridgehead atoms. The van der Waals surface area contributed by atoms with Gasteiger partial charge in [0.1, 0.15) is 10.6 Å². The molecule has 0 saturated carbocycles. The van der Waals surface area contributed by atoms with Gasteiger partial charge in [0.05, 0.1) is 0 Å². The Morgan fingerprint density at radius 1 is 1.00 bits per heavy atom. The normalized spacial score (nSPS) is 14.9. The van der Waals surface area contributed by atoms with Gasteiger partial charge in [-0.15, -0.1) is 0 Å². The Morgan fingerprint density at radius 2 is 1.71 bits per heavy atom. The summed E-state index contributed by atoms with van der Waals surface area (Å²) in [6.07, 6.45) is 1.27. The Labute approximate surface area is 137 Å². The molecule has 1 aliphatic rings. The molecule has 2 aromatic carbocycles. The molecular weight excluding hydrogens is 340 g/mol. The van der Waals surface area contributed by atoms with Crippen molar-refractivity contribution in [3.63, 3.8) is 0 Å². The first-order chi connectivity index (χ1) is 11.4. The molecule has 0 spiro atoms. The second kappa shape index (κ2) is 6.20. The molecule has 3 rings (SSSR count). The molecular formula is C16H13F2NO4S. The molecule has 0 aromatic heterocycles. The minimum absolute atomic E-state index is 0.00938. The zero-order valence-corrected chi connectivity index (χ0v) is 13.2. The van der Waals surface area contributed by atoms with E-state index >= 15 is 0 Å². The van der Waals surface area contributed by atoms with Crippen LogP contribution in [0.25, 0.3) is 0 Å². The first kappa shape index (κ1) is 16.4. The number of halogens is 2. The number of amides is 1.